The van der Waals surface area contributed by atoms with E-state index in [1.54, 1.807) is 11.9 Å². The van der Waals surface area contributed by atoms with Crippen LogP contribution in [0.3, 0.4) is 0 Å². The minimum atomic E-state index is -0.881. The molecule has 1 aliphatic rings. The molecular formula is C16H22N4O3. The summed E-state index contributed by atoms with van der Waals surface area (Å²) in [6.45, 7) is 3.79. The first-order valence-electron chi connectivity index (χ1n) is 7.69. The van der Waals surface area contributed by atoms with Gasteiger partial charge in [0.25, 0.3) is 0 Å². The van der Waals surface area contributed by atoms with Gasteiger partial charge in [-0.3, -0.25) is 14.6 Å². The van der Waals surface area contributed by atoms with Gasteiger partial charge in [0.2, 0.25) is 0 Å². The number of aliphatic hydroxyl groups excluding tert-OH is 1. The Labute approximate surface area is 134 Å². The number of likely N-dealkylation sites (N-methyl/N-ethyl adjacent to an activating group) is 1. The fraction of sp³-hybridized carbons (Fsp3) is 0.500. The van der Waals surface area contributed by atoms with Crippen LogP contribution < -0.4 is 0 Å². The van der Waals surface area contributed by atoms with Gasteiger partial charge in [0, 0.05) is 38.1 Å². The predicted molar refractivity (Wildman–Crippen MR) is 85.3 cm³/mol. The molecule has 1 fully saturated rings. The van der Waals surface area contributed by atoms with E-state index in [1.165, 1.54) is 5.56 Å². The second kappa shape index (κ2) is 6.27. The summed E-state index contributed by atoms with van der Waals surface area (Å²) in [5.41, 5.74) is 3.03. The number of aryl methyl sites for hydroxylation is 1. The molecule has 0 aliphatic carbocycles. The first-order valence-corrected chi connectivity index (χ1v) is 7.69. The summed E-state index contributed by atoms with van der Waals surface area (Å²) in [6, 6.07) is 3.86. The lowest BCUT2D eigenvalue weighted by Gasteiger charge is -2.24. The molecule has 1 unspecified atom stereocenters. The van der Waals surface area contributed by atoms with Crippen LogP contribution in [0.2, 0.25) is 0 Å². The van der Waals surface area contributed by atoms with E-state index < -0.39 is 12.1 Å². The molecule has 2 aromatic heterocycles. The molecule has 23 heavy (non-hydrogen) atoms. The molecule has 2 aromatic rings. The standard InChI is InChI=1S/C16H22N4O3/c1-11-3-4-15-17-12(7-20(15)5-11)6-19-8-13(14(21)9-19)18(2)10-16(22)23/h3-5,7,13-14,21H,6,8-10H2,1-2H3,(H,22,23)/t13?,14-/m1/s1. The highest BCUT2D eigenvalue weighted by Crippen LogP contribution is 2.18. The number of aliphatic hydroxyl groups is 1. The SMILES string of the molecule is Cc1ccc2nc(CN3CC(N(C)CC(=O)O)[C@H](O)C3)cn2c1. The van der Waals surface area contributed by atoms with Gasteiger partial charge < -0.3 is 14.6 Å². The summed E-state index contributed by atoms with van der Waals surface area (Å²) in [5.74, 6) is -0.881. The Kier molecular flexibility index (Phi) is 4.34. The van der Waals surface area contributed by atoms with Crippen molar-refractivity contribution in [2.45, 2.75) is 25.6 Å². The molecular weight excluding hydrogens is 296 g/mol. The summed E-state index contributed by atoms with van der Waals surface area (Å²) in [7, 11) is 1.74. The van der Waals surface area contributed by atoms with Gasteiger partial charge in [-0.15, -0.1) is 0 Å². The zero-order valence-electron chi connectivity index (χ0n) is 13.4. The quantitative estimate of drug-likeness (QED) is 0.820. The molecule has 2 N–H and O–H groups in total. The zero-order valence-corrected chi connectivity index (χ0v) is 13.4. The molecule has 7 heteroatoms. The summed E-state index contributed by atoms with van der Waals surface area (Å²) < 4.78 is 2.01. The van der Waals surface area contributed by atoms with Crippen molar-refractivity contribution in [3.8, 4) is 0 Å². The second-order valence-corrected chi connectivity index (χ2v) is 6.34. The number of β-amino-alcohol motifs (C(OH)–C–C–N with tert-alkyl or cyclic N) is 1. The van der Waals surface area contributed by atoms with E-state index in [9.17, 15) is 9.90 Å². The van der Waals surface area contributed by atoms with Crippen molar-refractivity contribution in [1.29, 1.82) is 0 Å². The Bertz CT molecular complexity index is 714. The van der Waals surface area contributed by atoms with Crippen LogP contribution >= 0.6 is 0 Å². The number of aliphatic carboxylic acids is 1. The molecule has 0 aromatic carbocycles. The lowest BCUT2D eigenvalue weighted by Crippen LogP contribution is -2.43. The molecule has 1 saturated heterocycles. The largest absolute Gasteiger partial charge is 0.480 e. The van der Waals surface area contributed by atoms with Crippen molar-refractivity contribution in [2.75, 3.05) is 26.7 Å². The van der Waals surface area contributed by atoms with Gasteiger partial charge in [0.05, 0.1) is 18.3 Å². The lowest BCUT2D eigenvalue weighted by atomic mass is 10.2. The van der Waals surface area contributed by atoms with E-state index >= 15 is 0 Å². The molecule has 0 spiro atoms. The maximum Gasteiger partial charge on any atom is 0.317 e. The maximum atomic E-state index is 10.8. The third-order valence-electron chi connectivity index (χ3n) is 4.32. The summed E-state index contributed by atoms with van der Waals surface area (Å²) in [6.07, 6.45) is 3.50. The zero-order chi connectivity index (χ0) is 16.6. The fourth-order valence-electron chi connectivity index (χ4n) is 3.20. The Morgan fingerprint density at radius 1 is 1.39 bits per heavy atom. The predicted octanol–water partition coefficient (Wildman–Crippen LogP) is 0.204. The average molecular weight is 318 g/mol. The molecule has 1 aliphatic heterocycles. The smallest absolute Gasteiger partial charge is 0.317 e. The van der Waals surface area contributed by atoms with Crippen molar-refractivity contribution in [2.24, 2.45) is 0 Å². The van der Waals surface area contributed by atoms with Gasteiger partial charge in [-0.25, -0.2) is 4.98 Å². The molecule has 2 atom stereocenters. The van der Waals surface area contributed by atoms with Crippen molar-refractivity contribution in [3.05, 3.63) is 35.8 Å². The highest BCUT2D eigenvalue weighted by molar-refractivity contribution is 5.69. The van der Waals surface area contributed by atoms with Crippen LogP contribution in [-0.2, 0) is 11.3 Å². The number of hydrogen-bond acceptors (Lipinski definition) is 5. The number of rotatable bonds is 5. The molecule has 0 amide bonds. The molecule has 3 rings (SSSR count). The van der Waals surface area contributed by atoms with E-state index in [2.05, 4.69) is 9.88 Å². The Morgan fingerprint density at radius 2 is 2.17 bits per heavy atom. The Balaban J connectivity index is 1.67. The van der Waals surface area contributed by atoms with Gasteiger partial charge in [-0.1, -0.05) is 6.07 Å². The van der Waals surface area contributed by atoms with Crippen molar-refractivity contribution >= 4 is 11.6 Å². The Hall–Kier alpha value is -1.96. The average Bonchev–Trinajstić information content (AvgIpc) is 3.00. The van der Waals surface area contributed by atoms with E-state index in [1.807, 2.05) is 35.9 Å². The fourth-order valence-corrected chi connectivity index (χ4v) is 3.20. The number of hydrogen-bond donors (Lipinski definition) is 2. The van der Waals surface area contributed by atoms with E-state index in [4.69, 9.17) is 5.11 Å². The van der Waals surface area contributed by atoms with Crippen molar-refractivity contribution < 1.29 is 15.0 Å². The number of carbonyl (C=O) groups is 1. The maximum absolute atomic E-state index is 10.8. The lowest BCUT2D eigenvalue weighted by molar-refractivity contribution is -0.138. The highest BCUT2D eigenvalue weighted by atomic mass is 16.4. The van der Waals surface area contributed by atoms with Crippen LogP contribution in [0.5, 0.6) is 0 Å². The monoisotopic (exact) mass is 318 g/mol. The number of nitrogens with zero attached hydrogens (tertiary/aromatic N) is 4. The minimum Gasteiger partial charge on any atom is -0.480 e. The summed E-state index contributed by atoms with van der Waals surface area (Å²) in [4.78, 5) is 19.2. The molecule has 0 radical (unpaired) electrons. The van der Waals surface area contributed by atoms with Crippen LogP contribution in [0.15, 0.2) is 24.5 Å². The van der Waals surface area contributed by atoms with Crippen LogP contribution in [0, 0.1) is 6.92 Å². The first-order chi connectivity index (χ1) is 10.9. The van der Waals surface area contributed by atoms with E-state index in [0.29, 0.717) is 19.6 Å². The van der Waals surface area contributed by atoms with Crippen molar-refractivity contribution in [3.63, 3.8) is 0 Å². The highest BCUT2D eigenvalue weighted by Gasteiger charge is 2.34. The number of carboxylic acids is 1. The number of pyridine rings is 1. The number of imidazole rings is 1. The third kappa shape index (κ3) is 3.52. The minimum absolute atomic E-state index is 0.0663. The van der Waals surface area contributed by atoms with Gasteiger partial charge in [0.15, 0.2) is 0 Å². The number of carboxylic acid groups (broad SMARTS) is 1. The van der Waals surface area contributed by atoms with E-state index in [-0.39, 0.29) is 12.6 Å². The normalized spacial score (nSPS) is 22.3. The number of fused-ring (bicyclic) bond motifs is 1. The van der Waals surface area contributed by atoms with Gasteiger partial charge in [-0.05, 0) is 25.6 Å². The molecule has 3 heterocycles. The Morgan fingerprint density at radius 3 is 2.91 bits per heavy atom. The first kappa shape index (κ1) is 15.9. The second-order valence-electron chi connectivity index (χ2n) is 6.34. The van der Waals surface area contributed by atoms with Crippen LogP contribution in [0.1, 0.15) is 11.3 Å². The number of likely N-dealkylation sites (tertiary alicyclic amines) is 1. The molecule has 0 bridgehead atoms. The molecule has 0 saturated carbocycles. The molecule has 7 nitrogen and oxygen atoms in total. The van der Waals surface area contributed by atoms with Gasteiger partial charge >= 0.3 is 5.97 Å². The van der Waals surface area contributed by atoms with Gasteiger partial charge in [0.1, 0.15) is 5.65 Å². The summed E-state index contributed by atoms with van der Waals surface area (Å²) in [5, 5.41) is 19.1. The number of aromatic nitrogens is 2. The summed E-state index contributed by atoms with van der Waals surface area (Å²) >= 11 is 0. The van der Waals surface area contributed by atoms with E-state index in [0.717, 1.165) is 11.3 Å². The van der Waals surface area contributed by atoms with Gasteiger partial charge in [-0.2, -0.15) is 0 Å². The topological polar surface area (TPSA) is 81.3 Å². The van der Waals surface area contributed by atoms with Crippen LogP contribution in [0.4, 0.5) is 0 Å². The van der Waals surface area contributed by atoms with Crippen LogP contribution in [-0.4, -0.2) is 74.2 Å². The third-order valence-corrected chi connectivity index (χ3v) is 4.32. The molecule has 124 valence electrons. The van der Waals surface area contributed by atoms with Crippen LogP contribution in [0.25, 0.3) is 5.65 Å². The van der Waals surface area contributed by atoms with Crippen molar-refractivity contribution in [1.82, 2.24) is 19.2 Å².